The summed E-state index contributed by atoms with van der Waals surface area (Å²) in [5.41, 5.74) is 1.88. The fourth-order valence-electron chi connectivity index (χ4n) is 2.19. The topological polar surface area (TPSA) is 85.2 Å². The fraction of sp³-hybridized carbons (Fsp3) is 0.0500. The van der Waals surface area contributed by atoms with Gasteiger partial charge < -0.3 is 14.6 Å². The van der Waals surface area contributed by atoms with Gasteiger partial charge in [-0.2, -0.15) is 0 Å². The van der Waals surface area contributed by atoms with Gasteiger partial charge in [-0.05, 0) is 35.4 Å². The summed E-state index contributed by atoms with van der Waals surface area (Å²) in [6.45, 7) is -0.409. The van der Waals surface area contributed by atoms with Crippen LogP contribution in [0.2, 0.25) is 0 Å². The van der Waals surface area contributed by atoms with E-state index in [1.807, 2.05) is 36.4 Å². The molecule has 0 bridgehead atoms. The molecule has 0 amide bonds. The predicted molar refractivity (Wildman–Crippen MR) is 96.6 cm³/mol. The first-order valence-electron chi connectivity index (χ1n) is 7.80. The maximum Gasteiger partial charge on any atom is 0.363 e. The molecule has 2 aromatic rings. The molecular formula is C20H15NO5. The summed E-state index contributed by atoms with van der Waals surface area (Å²) in [4.78, 5) is 26.6. The largest absolute Gasteiger partial charge is 0.482 e. The van der Waals surface area contributed by atoms with Crippen molar-refractivity contribution >= 4 is 30.0 Å². The first-order chi connectivity index (χ1) is 12.6. The third-order valence-corrected chi connectivity index (χ3v) is 3.40. The number of hydrogen-bond donors (Lipinski definition) is 1. The molecule has 0 saturated carbocycles. The second kappa shape index (κ2) is 7.94. The van der Waals surface area contributed by atoms with Gasteiger partial charge in [-0.3, -0.25) is 0 Å². The zero-order valence-corrected chi connectivity index (χ0v) is 13.7. The zero-order chi connectivity index (χ0) is 18.4. The van der Waals surface area contributed by atoms with Crippen LogP contribution >= 0.6 is 0 Å². The molecule has 0 aliphatic carbocycles. The van der Waals surface area contributed by atoms with E-state index in [0.717, 1.165) is 11.1 Å². The van der Waals surface area contributed by atoms with E-state index in [1.165, 1.54) is 0 Å². The van der Waals surface area contributed by atoms with Crippen molar-refractivity contribution in [3.63, 3.8) is 0 Å². The van der Waals surface area contributed by atoms with E-state index in [4.69, 9.17) is 14.6 Å². The molecule has 2 aromatic carbocycles. The van der Waals surface area contributed by atoms with Crippen LogP contribution < -0.4 is 4.74 Å². The molecule has 0 aromatic heterocycles. The minimum atomic E-state index is -1.05. The van der Waals surface area contributed by atoms with Crippen molar-refractivity contribution < 1.29 is 24.2 Å². The van der Waals surface area contributed by atoms with Crippen LogP contribution in [0.3, 0.4) is 0 Å². The van der Waals surface area contributed by atoms with Crippen molar-refractivity contribution in [1.82, 2.24) is 0 Å². The van der Waals surface area contributed by atoms with Crippen LogP contribution in [0.25, 0.3) is 12.2 Å². The number of esters is 1. The van der Waals surface area contributed by atoms with E-state index in [1.54, 1.807) is 36.4 Å². The number of aliphatic imine (C=N–C) groups is 1. The summed E-state index contributed by atoms with van der Waals surface area (Å²) in [6, 6.07) is 16.2. The molecule has 0 atom stereocenters. The van der Waals surface area contributed by atoms with Gasteiger partial charge in [0.15, 0.2) is 12.3 Å². The Morgan fingerprint density at radius 3 is 2.46 bits per heavy atom. The zero-order valence-electron chi connectivity index (χ0n) is 13.7. The molecule has 0 radical (unpaired) electrons. The van der Waals surface area contributed by atoms with Gasteiger partial charge in [0.25, 0.3) is 0 Å². The van der Waals surface area contributed by atoms with Crippen LogP contribution in [0.4, 0.5) is 0 Å². The number of hydrogen-bond acceptors (Lipinski definition) is 5. The number of carboxylic acids is 1. The summed E-state index contributed by atoms with van der Waals surface area (Å²) >= 11 is 0. The van der Waals surface area contributed by atoms with Crippen LogP contribution in [-0.2, 0) is 14.3 Å². The fourth-order valence-corrected chi connectivity index (χ4v) is 2.19. The maximum atomic E-state index is 11.9. The lowest BCUT2D eigenvalue weighted by molar-refractivity contribution is -0.139. The van der Waals surface area contributed by atoms with Gasteiger partial charge in [0.1, 0.15) is 5.75 Å². The molecule has 26 heavy (non-hydrogen) atoms. The lowest BCUT2D eigenvalue weighted by Gasteiger charge is -2.02. The SMILES string of the molecule is O=C(O)COc1ccc(/C=C2N=C(/C=C/c3ccccc3)OC\2=O)cc1. The normalized spacial score (nSPS) is 15.2. The maximum absolute atomic E-state index is 11.9. The van der Waals surface area contributed by atoms with Gasteiger partial charge in [0.05, 0.1) is 0 Å². The van der Waals surface area contributed by atoms with Crippen LogP contribution in [0.1, 0.15) is 11.1 Å². The highest BCUT2D eigenvalue weighted by Gasteiger charge is 2.21. The number of benzene rings is 2. The molecule has 6 nitrogen and oxygen atoms in total. The Balaban J connectivity index is 1.70. The molecular weight excluding hydrogens is 334 g/mol. The second-order valence-corrected chi connectivity index (χ2v) is 5.36. The minimum Gasteiger partial charge on any atom is -0.482 e. The van der Waals surface area contributed by atoms with Crippen molar-refractivity contribution in [2.24, 2.45) is 4.99 Å². The van der Waals surface area contributed by atoms with E-state index >= 15 is 0 Å². The highest BCUT2D eigenvalue weighted by atomic mass is 16.6. The molecule has 130 valence electrons. The molecule has 1 N–H and O–H groups in total. The lowest BCUT2D eigenvalue weighted by atomic mass is 10.2. The number of carbonyl (C=O) groups excluding carboxylic acids is 1. The van der Waals surface area contributed by atoms with Crippen LogP contribution in [-0.4, -0.2) is 29.5 Å². The van der Waals surface area contributed by atoms with Gasteiger partial charge in [-0.15, -0.1) is 0 Å². The Morgan fingerprint density at radius 1 is 1.04 bits per heavy atom. The van der Waals surface area contributed by atoms with E-state index in [0.29, 0.717) is 5.75 Å². The smallest absolute Gasteiger partial charge is 0.363 e. The van der Waals surface area contributed by atoms with E-state index in [-0.39, 0.29) is 11.6 Å². The van der Waals surface area contributed by atoms with E-state index in [2.05, 4.69) is 4.99 Å². The van der Waals surface area contributed by atoms with E-state index in [9.17, 15) is 9.59 Å². The van der Waals surface area contributed by atoms with Gasteiger partial charge in [-0.25, -0.2) is 14.6 Å². The Hall–Kier alpha value is -3.67. The number of carbonyl (C=O) groups is 2. The third-order valence-electron chi connectivity index (χ3n) is 3.40. The Bertz CT molecular complexity index is 896. The number of carboxylic acid groups (broad SMARTS) is 1. The number of ether oxygens (including phenoxy) is 2. The number of nitrogens with zero attached hydrogens (tertiary/aromatic N) is 1. The van der Waals surface area contributed by atoms with Crippen molar-refractivity contribution in [2.75, 3.05) is 6.61 Å². The summed E-state index contributed by atoms with van der Waals surface area (Å²) in [7, 11) is 0. The van der Waals surface area contributed by atoms with Gasteiger partial charge in [-0.1, -0.05) is 42.5 Å². The van der Waals surface area contributed by atoms with Gasteiger partial charge >= 0.3 is 11.9 Å². The quantitative estimate of drug-likeness (QED) is 0.639. The molecule has 0 saturated heterocycles. The molecule has 1 aliphatic rings. The molecule has 6 heteroatoms. The summed E-state index contributed by atoms with van der Waals surface area (Å²) in [5, 5.41) is 8.58. The summed E-state index contributed by atoms with van der Waals surface area (Å²) < 4.78 is 10.2. The Labute approximate surface area is 149 Å². The van der Waals surface area contributed by atoms with Crippen molar-refractivity contribution in [3.05, 3.63) is 77.5 Å². The third kappa shape index (κ3) is 4.67. The van der Waals surface area contributed by atoms with Crippen molar-refractivity contribution in [1.29, 1.82) is 0 Å². The average Bonchev–Trinajstić information content (AvgIpc) is 3.00. The first-order valence-corrected chi connectivity index (χ1v) is 7.80. The number of aliphatic carboxylic acids is 1. The second-order valence-electron chi connectivity index (χ2n) is 5.36. The number of cyclic esters (lactones) is 1. The number of rotatable bonds is 6. The summed E-state index contributed by atoms with van der Waals surface area (Å²) in [6.07, 6.45) is 5.03. The Kier molecular flexibility index (Phi) is 5.24. The predicted octanol–water partition coefficient (Wildman–Crippen LogP) is 3.16. The molecule has 0 unspecified atom stereocenters. The van der Waals surface area contributed by atoms with Crippen LogP contribution in [0.15, 0.2) is 71.4 Å². The lowest BCUT2D eigenvalue weighted by Crippen LogP contribution is -2.09. The van der Waals surface area contributed by atoms with Gasteiger partial charge in [0, 0.05) is 6.08 Å². The standard InChI is InChI=1S/C20H15NO5/c22-19(23)13-25-16-9-6-15(7-10-16)12-17-20(24)26-18(21-17)11-8-14-4-2-1-3-5-14/h1-12H,13H2,(H,22,23)/b11-8+,17-12-. The molecule has 0 spiro atoms. The Morgan fingerprint density at radius 2 is 1.77 bits per heavy atom. The molecule has 3 rings (SSSR count). The highest BCUT2D eigenvalue weighted by Crippen LogP contribution is 2.19. The molecule has 0 fully saturated rings. The molecule has 1 heterocycles. The van der Waals surface area contributed by atoms with Crippen LogP contribution in [0, 0.1) is 0 Å². The molecule has 1 aliphatic heterocycles. The van der Waals surface area contributed by atoms with E-state index < -0.39 is 18.5 Å². The first kappa shape index (κ1) is 17.2. The minimum absolute atomic E-state index is 0.192. The summed E-state index contributed by atoms with van der Waals surface area (Å²) in [5.74, 6) is -0.913. The average molecular weight is 349 g/mol. The van der Waals surface area contributed by atoms with Crippen molar-refractivity contribution in [3.8, 4) is 5.75 Å². The highest BCUT2D eigenvalue weighted by molar-refractivity contribution is 6.11. The monoisotopic (exact) mass is 349 g/mol. The van der Waals surface area contributed by atoms with Crippen LogP contribution in [0.5, 0.6) is 5.75 Å². The van der Waals surface area contributed by atoms with Gasteiger partial charge in [0.2, 0.25) is 5.90 Å². The van der Waals surface area contributed by atoms with Crippen molar-refractivity contribution in [2.45, 2.75) is 0 Å².